The standard InChI is InChI=1S/C8H15N3O4/c1-2-10-8(15)11-5(7(13)14)3-4-6(9)12/h5H,2-4H2,1H3,(H2,9,12)(H,13,14)(H2,10,11,15). The highest BCUT2D eigenvalue weighted by Gasteiger charge is 2.19. The molecule has 0 aromatic rings. The quantitative estimate of drug-likeness (QED) is 0.457. The molecule has 0 aliphatic heterocycles. The third-order valence-corrected chi connectivity index (χ3v) is 1.62. The molecule has 86 valence electrons. The van der Waals surface area contributed by atoms with Crippen LogP contribution in [0.2, 0.25) is 0 Å². The molecule has 15 heavy (non-hydrogen) atoms. The number of amides is 3. The number of hydrogen-bond acceptors (Lipinski definition) is 3. The summed E-state index contributed by atoms with van der Waals surface area (Å²) in [5, 5.41) is 13.3. The lowest BCUT2D eigenvalue weighted by molar-refractivity contribution is -0.139. The van der Waals surface area contributed by atoms with Gasteiger partial charge in [0.05, 0.1) is 0 Å². The van der Waals surface area contributed by atoms with E-state index < -0.39 is 23.9 Å². The van der Waals surface area contributed by atoms with Gasteiger partial charge in [0.2, 0.25) is 5.91 Å². The third kappa shape index (κ3) is 6.30. The van der Waals surface area contributed by atoms with Crippen LogP contribution < -0.4 is 16.4 Å². The first-order chi connectivity index (χ1) is 6.97. The van der Waals surface area contributed by atoms with Crippen LogP contribution in [0.5, 0.6) is 0 Å². The molecular weight excluding hydrogens is 202 g/mol. The smallest absolute Gasteiger partial charge is 0.326 e. The molecule has 0 radical (unpaired) electrons. The summed E-state index contributed by atoms with van der Waals surface area (Å²) in [6.45, 7) is 2.10. The fourth-order valence-electron chi connectivity index (χ4n) is 0.914. The van der Waals surface area contributed by atoms with E-state index in [1.54, 1.807) is 6.92 Å². The number of nitrogens with two attached hydrogens (primary N) is 1. The van der Waals surface area contributed by atoms with Crippen molar-refractivity contribution < 1.29 is 19.5 Å². The van der Waals surface area contributed by atoms with Crippen LogP contribution in [0.4, 0.5) is 4.79 Å². The second-order valence-electron chi connectivity index (χ2n) is 2.90. The van der Waals surface area contributed by atoms with E-state index in [4.69, 9.17) is 10.8 Å². The predicted octanol–water partition coefficient (Wildman–Crippen LogP) is -0.976. The summed E-state index contributed by atoms with van der Waals surface area (Å²) >= 11 is 0. The molecule has 7 nitrogen and oxygen atoms in total. The largest absolute Gasteiger partial charge is 0.480 e. The Morgan fingerprint density at radius 2 is 2.00 bits per heavy atom. The minimum Gasteiger partial charge on any atom is -0.480 e. The Hall–Kier alpha value is -1.79. The van der Waals surface area contributed by atoms with Gasteiger partial charge >= 0.3 is 12.0 Å². The number of rotatable bonds is 6. The lowest BCUT2D eigenvalue weighted by atomic mass is 10.1. The zero-order chi connectivity index (χ0) is 11.8. The molecule has 0 saturated carbocycles. The molecule has 0 saturated heterocycles. The summed E-state index contributed by atoms with van der Waals surface area (Å²) in [4.78, 5) is 32.1. The van der Waals surface area contributed by atoms with Gasteiger partial charge in [0.1, 0.15) is 6.04 Å². The fraction of sp³-hybridized carbons (Fsp3) is 0.625. The first-order valence-corrected chi connectivity index (χ1v) is 4.52. The molecule has 7 heteroatoms. The number of carbonyl (C=O) groups is 3. The van der Waals surface area contributed by atoms with Crippen molar-refractivity contribution in [2.24, 2.45) is 5.73 Å². The molecule has 1 unspecified atom stereocenters. The molecule has 0 bridgehead atoms. The molecule has 5 N–H and O–H groups in total. The zero-order valence-electron chi connectivity index (χ0n) is 8.45. The lowest BCUT2D eigenvalue weighted by Crippen LogP contribution is -2.46. The van der Waals surface area contributed by atoms with Gasteiger partial charge in [-0.2, -0.15) is 0 Å². The molecule has 0 heterocycles. The summed E-state index contributed by atoms with van der Waals surface area (Å²) in [7, 11) is 0. The Labute approximate surface area is 87.0 Å². The number of hydrogen-bond donors (Lipinski definition) is 4. The first-order valence-electron chi connectivity index (χ1n) is 4.52. The number of urea groups is 1. The maximum atomic E-state index is 11.0. The van der Waals surface area contributed by atoms with Crippen molar-refractivity contribution >= 4 is 17.9 Å². The minimum absolute atomic E-state index is 0.0121. The van der Waals surface area contributed by atoms with E-state index in [-0.39, 0.29) is 12.8 Å². The van der Waals surface area contributed by atoms with Crippen LogP contribution in [0.1, 0.15) is 19.8 Å². The van der Waals surface area contributed by atoms with E-state index in [9.17, 15) is 14.4 Å². The average Bonchev–Trinajstić information content (AvgIpc) is 2.11. The summed E-state index contributed by atoms with van der Waals surface area (Å²) in [5.41, 5.74) is 4.87. The van der Waals surface area contributed by atoms with Crippen LogP contribution in [0.15, 0.2) is 0 Å². The Morgan fingerprint density at radius 3 is 2.40 bits per heavy atom. The predicted molar refractivity (Wildman–Crippen MR) is 52.1 cm³/mol. The van der Waals surface area contributed by atoms with Crippen LogP contribution in [-0.2, 0) is 9.59 Å². The zero-order valence-corrected chi connectivity index (χ0v) is 8.45. The van der Waals surface area contributed by atoms with E-state index >= 15 is 0 Å². The van der Waals surface area contributed by atoms with Gasteiger partial charge in [0.25, 0.3) is 0 Å². The van der Waals surface area contributed by atoms with Crippen molar-refractivity contribution in [2.75, 3.05) is 6.54 Å². The van der Waals surface area contributed by atoms with E-state index in [1.165, 1.54) is 0 Å². The molecule has 0 rings (SSSR count). The number of carboxylic acids is 1. The second kappa shape index (κ2) is 6.63. The molecule has 0 aliphatic rings. The maximum absolute atomic E-state index is 11.0. The van der Waals surface area contributed by atoms with E-state index in [2.05, 4.69) is 10.6 Å². The van der Waals surface area contributed by atoms with E-state index in [0.717, 1.165) is 0 Å². The SMILES string of the molecule is CCNC(=O)NC(CCC(N)=O)C(=O)O. The highest BCUT2D eigenvalue weighted by molar-refractivity contribution is 5.83. The van der Waals surface area contributed by atoms with Crippen LogP contribution in [-0.4, -0.2) is 35.6 Å². The molecular formula is C8H15N3O4. The van der Waals surface area contributed by atoms with Crippen LogP contribution in [0.25, 0.3) is 0 Å². The molecule has 0 aliphatic carbocycles. The first kappa shape index (κ1) is 13.2. The van der Waals surface area contributed by atoms with Crippen molar-refractivity contribution in [3.05, 3.63) is 0 Å². The van der Waals surface area contributed by atoms with Crippen molar-refractivity contribution in [2.45, 2.75) is 25.8 Å². The van der Waals surface area contributed by atoms with Gasteiger partial charge in [-0.15, -0.1) is 0 Å². The molecule has 0 fully saturated rings. The summed E-state index contributed by atoms with van der Waals surface area (Å²) < 4.78 is 0. The normalized spacial score (nSPS) is 11.5. The molecule has 3 amide bonds. The van der Waals surface area contributed by atoms with Gasteiger partial charge in [-0.1, -0.05) is 0 Å². The van der Waals surface area contributed by atoms with Crippen molar-refractivity contribution in [3.8, 4) is 0 Å². The number of aliphatic carboxylic acids is 1. The lowest BCUT2D eigenvalue weighted by Gasteiger charge is -2.13. The van der Waals surface area contributed by atoms with Gasteiger partial charge in [0, 0.05) is 13.0 Å². The number of primary amides is 1. The highest BCUT2D eigenvalue weighted by atomic mass is 16.4. The summed E-state index contributed by atoms with van der Waals surface area (Å²) in [6, 6.07) is -1.67. The highest BCUT2D eigenvalue weighted by Crippen LogP contribution is 1.96. The second-order valence-corrected chi connectivity index (χ2v) is 2.90. The third-order valence-electron chi connectivity index (χ3n) is 1.62. The Bertz CT molecular complexity index is 254. The minimum atomic E-state index is -1.19. The Balaban J connectivity index is 4.10. The molecule has 0 aromatic heterocycles. The fourth-order valence-corrected chi connectivity index (χ4v) is 0.914. The van der Waals surface area contributed by atoms with Crippen molar-refractivity contribution in [1.29, 1.82) is 0 Å². The Morgan fingerprint density at radius 1 is 1.40 bits per heavy atom. The Kier molecular flexibility index (Phi) is 5.84. The van der Waals surface area contributed by atoms with E-state index in [0.29, 0.717) is 6.54 Å². The van der Waals surface area contributed by atoms with Gasteiger partial charge in [0.15, 0.2) is 0 Å². The van der Waals surface area contributed by atoms with Crippen molar-refractivity contribution in [1.82, 2.24) is 10.6 Å². The summed E-state index contributed by atoms with van der Waals surface area (Å²) in [5.74, 6) is -1.79. The van der Waals surface area contributed by atoms with Crippen molar-refractivity contribution in [3.63, 3.8) is 0 Å². The summed E-state index contributed by atoms with van der Waals surface area (Å²) in [6.07, 6.45) is -0.0921. The molecule has 0 spiro atoms. The van der Waals surface area contributed by atoms with Gasteiger partial charge in [-0.05, 0) is 13.3 Å². The van der Waals surface area contributed by atoms with Crippen LogP contribution >= 0.6 is 0 Å². The number of carboxylic acid groups (broad SMARTS) is 1. The van der Waals surface area contributed by atoms with E-state index in [1.807, 2.05) is 0 Å². The van der Waals surface area contributed by atoms with Gasteiger partial charge < -0.3 is 21.5 Å². The van der Waals surface area contributed by atoms with Crippen LogP contribution in [0.3, 0.4) is 0 Å². The van der Waals surface area contributed by atoms with Gasteiger partial charge in [-0.3, -0.25) is 4.79 Å². The molecule has 1 atom stereocenters. The molecule has 0 aromatic carbocycles. The monoisotopic (exact) mass is 217 g/mol. The van der Waals surface area contributed by atoms with Gasteiger partial charge in [-0.25, -0.2) is 9.59 Å². The number of carbonyl (C=O) groups excluding carboxylic acids is 2. The van der Waals surface area contributed by atoms with Crippen LogP contribution in [0, 0.1) is 0 Å². The topological polar surface area (TPSA) is 122 Å². The maximum Gasteiger partial charge on any atom is 0.326 e. The average molecular weight is 217 g/mol. The number of nitrogens with one attached hydrogen (secondary N) is 2.